The number of hydrogen-bond acceptors (Lipinski definition) is 7. The van der Waals surface area contributed by atoms with Crippen molar-refractivity contribution in [1.29, 1.82) is 0 Å². The molecule has 0 aliphatic rings. The van der Waals surface area contributed by atoms with Crippen LogP contribution in [-0.2, 0) is 29.2 Å². The van der Waals surface area contributed by atoms with Gasteiger partial charge in [0, 0.05) is 23.9 Å². The van der Waals surface area contributed by atoms with E-state index in [1.165, 1.54) is 94.8 Å². The van der Waals surface area contributed by atoms with Crippen LogP contribution in [0.5, 0.6) is 23.0 Å². The van der Waals surface area contributed by atoms with Gasteiger partial charge in [0.05, 0.1) is 13.2 Å². The Balaban J connectivity index is 1.23. The van der Waals surface area contributed by atoms with Crippen LogP contribution in [0.3, 0.4) is 0 Å². The second-order valence-corrected chi connectivity index (χ2v) is 16.4. The Kier molecular flexibility index (Phi) is 24.6. The van der Waals surface area contributed by atoms with Crippen LogP contribution in [-0.4, -0.2) is 48.5 Å². The summed E-state index contributed by atoms with van der Waals surface area (Å²) in [5.74, 6) is 0.310. The highest BCUT2D eigenvalue weighted by Gasteiger charge is 2.17. The fourth-order valence-corrected chi connectivity index (χ4v) is 7.60. The number of hydrogen-bond donors (Lipinski definition) is 2. The highest BCUT2D eigenvalue weighted by atomic mass is 16.5. The Morgan fingerprint density at radius 2 is 0.935 bits per heavy atom. The Labute approximate surface area is 371 Å². The maximum Gasteiger partial charge on any atom is 0.323 e. The molecule has 0 aromatic heterocycles. The number of para-hydroxylation sites is 1. The van der Waals surface area contributed by atoms with E-state index in [9.17, 15) is 19.8 Å². The van der Waals surface area contributed by atoms with Gasteiger partial charge in [0.1, 0.15) is 37.8 Å². The molecule has 0 atom stereocenters. The van der Waals surface area contributed by atoms with E-state index in [-0.39, 0.29) is 0 Å². The number of unbranched alkanes of at least 4 members (excludes halogenated alkanes) is 17. The second kappa shape index (κ2) is 30.8. The van der Waals surface area contributed by atoms with Crippen LogP contribution >= 0.6 is 0 Å². The van der Waals surface area contributed by atoms with Gasteiger partial charge in [-0.15, -0.1) is 0 Å². The quantitative estimate of drug-likeness (QED) is 0.0432. The normalized spacial score (nSPS) is 11.0. The minimum Gasteiger partial charge on any atom is -0.493 e. The van der Waals surface area contributed by atoms with Crippen molar-refractivity contribution in [3.05, 3.63) is 114 Å². The molecule has 0 fully saturated rings. The molecule has 4 aromatic carbocycles. The van der Waals surface area contributed by atoms with E-state index in [2.05, 4.69) is 25.1 Å². The number of nitrogens with zero attached hydrogens (tertiary/aromatic N) is 1. The molecule has 338 valence electrons. The monoisotopic (exact) mass is 852 g/mol. The molecule has 0 heterocycles. The molecule has 0 bridgehead atoms. The third kappa shape index (κ3) is 21.1. The summed E-state index contributed by atoms with van der Waals surface area (Å²) < 4.78 is 25.0. The van der Waals surface area contributed by atoms with Crippen molar-refractivity contribution in [2.45, 2.75) is 149 Å². The molecule has 4 aromatic rings. The first-order valence-electron chi connectivity index (χ1n) is 23.5. The van der Waals surface area contributed by atoms with Gasteiger partial charge in [-0.2, -0.15) is 0 Å². The van der Waals surface area contributed by atoms with Crippen molar-refractivity contribution in [2.24, 2.45) is 0 Å². The summed E-state index contributed by atoms with van der Waals surface area (Å²) in [4.78, 5) is 24.7. The molecular formula is C53H73NO8. The SMILES string of the molecule is CCCCCCCCCCCCCCCCCCOc1cc(OCCCCCc2cccc(OCc3ccccc3)c2OCc2ccccc2)cc(N(CC(=O)O)CC(=O)O)c1. The number of anilines is 1. The van der Waals surface area contributed by atoms with Crippen LogP contribution in [0.25, 0.3) is 0 Å². The van der Waals surface area contributed by atoms with Crippen molar-refractivity contribution in [3.8, 4) is 23.0 Å². The van der Waals surface area contributed by atoms with Gasteiger partial charge in [-0.1, -0.05) is 176 Å². The first-order valence-corrected chi connectivity index (χ1v) is 23.5. The van der Waals surface area contributed by atoms with Crippen molar-refractivity contribution in [2.75, 3.05) is 31.2 Å². The molecule has 0 amide bonds. The van der Waals surface area contributed by atoms with Gasteiger partial charge in [-0.25, -0.2) is 0 Å². The van der Waals surface area contributed by atoms with E-state index in [4.69, 9.17) is 18.9 Å². The lowest BCUT2D eigenvalue weighted by atomic mass is 10.0. The molecule has 0 spiro atoms. The predicted octanol–water partition coefficient (Wildman–Crippen LogP) is 13.3. The van der Waals surface area contributed by atoms with Crippen LogP contribution in [0.2, 0.25) is 0 Å². The molecule has 9 heteroatoms. The lowest BCUT2D eigenvalue weighted by Gasteiger charge is -2.22. The predicted molar refractivity (Wildman–Crippen MR) is 250 cm³/mol. The molecule has 0 radical (unpaired) electrons. The lowest BCUT2D eigenvalue weighted by Crippen LogP contribution is -2.34. The third-order valence-corrected chi connectivity index (χ3v) is 11.0. The van der Waals surface area contributed by atoms with Gasteiger partial charge < -0.3 is 34.1 Å². The van der Waals surface area contributed by atoms with Crippen LogP contribution in [0.4, 0.5) is 5.69 Å². The summed E-state index contributed by atoms with van der Waals surface area (Å²) in [6.07, 6.45) is 24.2. The number of aryl methyl sites for hydroxylation is 1. The molecule has 0 saturated heterocycles. The number of benzene rings is 4. The molecule has 0 unspecified atom stereocenters. The maximum absolute atomic E-state index is 11.7. The van der Waals surface area contributed by atoms with Gasteiger partial charge in [0.2, 0.25) is 0 Å². The van der Waals surface area contributed by atoms with Crippen LogP contribution in [0.15, 0.2) is 97.1 Å². The fraction of sp³-hybridized carbons (Fsp3) is 0.509. The average Bonchev–Trinajstić information content (AvgIpc) is 3.27. The summed E-state index contributed by atoms with van der Waals surface area (Å²) in [7, 11) is 0. The van der Waals surface area contributed by atoms with Gasteiger partial charge in [-0.3, -0.25) is 9.59 Å². The van der Waals surface area contributed by atoms with Crippen LogP contribution < -0.4 is 23.8 Å². The number of rotatable bonds is 36. The summed E-state index contributed by atoms with van der Waals surface area (Å²) in [6, 6.07) is 31.5. The molecule has 4 rings (SSSR count). The van der Waals surface area contributed by atoms with Gasteiger partial charge in [0.15, 0.2) is 11.5 Å². The number of carbonyl (C=O) groups is 2. The van der Waals surface area contributed by atoms with Crippen molar-refractivity contribution in [3.63, 3.8) is 0 Å². The van der Waals surface area contributed by atoms with Crippen LogP contribution in [0, 0.1) is 0 Å². The van der Waals surface area contributed by atoms with Gasteiger partial charge >= 0.3 is 11.9 Å². The zero-order valence-corrected chi connectivity index (χ0v) is 37.4. The van der Waals surface area contributed by atoms with Crippen molar-refractivity contribution >= 4 is 17.6 Å². The minimum absolute atomic E-state index is 0.437. The van der Waals surface area contributed by atoms with Crippen molar-refractivity contribution < 1.29 is 38.7 Å². The zero-order chi connectivity index (χ0) is 43.9. The summed E-state index contributed by atoms with van der Waals surface area (Å²) >= 11 is 0. The smallest absolute Gasteiger partial charge is 0.323 e. The second-order valence-electron chi connectivity index (χ2n) is 16.4. The summed E-state index contributed by atoms with van der Waals surface area (Å²) in [6.45, 7) is 3.21. The van der Waals surface area contributed by atoms with Crippen molar-refractivity contribution in [1.82, 2.24) is 0 Å². The molecule has 9 nitrogen and oxygen atoms in total. The van der Waals surface area contributed by atoms with E-state index in [0.29, 0.717) is 43.6 Å². The topological polar surface area (TPSA) is 115 Å². The van der Waals surface area contributed by atoms with E-state index in [0.717, 1.165) is 66.7 Å². The molecule has 0 saturated carbocycles. The molecular weight excluding hydrogens is 779 g/mol. The molecule has 0 aliphatic carbocycles. The van der Waals surface area contributed by atoms with Gasteiger partial charge in [0.25, 0.3) is 0 Å². The number of aliphatic carboxylic acids is 2. The number of carboxylic acid groups (broad SMARTS) is 2. The molecule has 0 aliphatic heterocycles. The van der Waals surface area contributed by atoms with E-state index < -0.39 is 25.0 Å². The highest BCUT2D eigenvalue weighted by Crippen LogP contribution is 2.34. The summed E-state index contributed by atoms with van der Waals surface area (Å²) in [5.41, 5.74) is 3.69. The summed E-state index contributed by atoms with van der Waals surface area (Å²) in [5, 5.41) is 19.1. The maximum atomic E-state index is 11.7. The Hall–Kier alpha value is -5.18. The number of ether oxygens (including phenoxy) is 4. The molecule has 2 N–H and O–H groups in total. The third-order valence-electron chi connectivity index (χ3n) is 11.0. The largest absolute Gasteiger partial charge is 0.493 e. The highest BCUT2D eigenvalue weighted by molar-refractivity contribution is 5.80. The van der Waals surface area contributed by atoms with E-state index in [1.807, 2.05) is 66.7 Å². The Morgan fingerprint density at radius 3 is 1.42 bits per heavy atom. The lowest BCUT2D eigenvalue weighted by molar-refractivity contribution is -0.136. The number of carboxylic acids is 2. The van der Waals surface area contributed by atoms with E-state index in [1.54, 1.807) is 12.1 Å². The molecule has 62 heavy (non-hydrogen) atoms. The first kappa shape index (κ1) is 49.5. The standard InChI is InChI=1S/C53H73NO8/c1-2-3-4-5-6-7-8-9-10-11-12-13-14-15-16-25-35-59-48-37-47(54(40-51(55)56)41-52(57)58)38-49(39-48)60-36-26-19-24-32-46-33-27-34-50(61-42-44-28-20-17-21-29-44)53(46)62-43-45-30-22-18-23-31-45/h17-18,20-23,27-31,33-34,37-39H,2-16,19,24-26,32,35-36,40-43H2,1H3,(H,55,56)(H,57,58). The minimum atomic E-state index is -1.12. The van der Waals surface area contributed by atoms with Crippen LogP contribution in [0.1, 0.15) is 146 Å². The Bertz CT molecular complexity index is 1780. The van der Waals surface area contributed by atoms with Gasteiger partial charge in [-0.05, 0) is 54.9 Å². The Morgan fingerprint density at radius 1 is 0.484 bits per heavy atom. The zero-order valence-electron chi connectivity index (χ0n) is 37.4. The average molecular weight is 852 g/mol. The van der Waals surface area contributed by atoms with E-state index >= 15 is 0 Å². The first-order chi connectivity index (χ1) is 30.4. The fourth-order valence-electron chi connectivity index (χ4n) is 7.60.